The molecule has 2 aromatic rings. The predicted octanol–water partition coefficient (Wildman–Crippen LogP) is 1.91. The number of nitrogens with one attached hydrogen (secondary N) is 1. The molecule has 0 aliphatic rings. The zero-order chi connectivity index (χ0) is 15.6. The summed E-state index contributed by atoms with van der Waals surface area (Å²) in [6, 6.07) is 4.41. The third-order valence-corrected chi connectivity index (χ3v) is 2.79. The molecule has 108 valence electrons. The van der Waals surface area contributed by atoms with Crippen LogP contribution >= 0.6 is 11.6 Å². The van der Waals surface area contributed by atoms with Crippen LogP contribution in [-0.2, 0) is 0 Å². The van der Waals surface area contributed by atoms with E-state index in [-0.39, 0.29) is 16.6 Å². The second-order valence-corrected chi connectivity index (χ2v) is 4.33. The Labute approximate surface area is 122 Å². The Morgan fingerprint density at radius 1 is 1.33 bits per heavy atom. The fourth-order valence-electron chi connectivity index (χ4n) is 1.52. The number of aromatic amines is 1. The number of phenols is 1. The first-order valence-corrected chi connectivity index (χ1v) is 5.90. The zero-order valence-corrected chi connectivity index (χ0v) is 11.0. The van der Waals surface area contributed by atoms with Gasteiger partial charge in [-0.1, -0.05) is 23.7 Å². The van der Waals surface area contributed by atoms with E-state index in [2.05, 4.69) is 9.97 Å². The molecule has 0 fully saturated rings. The fourth-order valence-corrected chi connectivity index (χ4v) is 1.71. The van der Waals surface area contributed by atoms with Crippen LogP contribution in [-0.4, -0.2) is 25.1 Å². The van der Waals surface area contributed by atoms with Crippen LogP contribution < -0.4 is 5.56 Å². The van der Waals surface area contributed by atoms with Crippen LogP contribution in [0, 0.1) is 10.1 Å². The van der Waals surface area contributed by atoms with Crippen LogP contribution in [0.1, 0.15) is 11.4 Å². The first-order valence-electron chi connectivity index (χ1n) is 5.53. The van der Waals surface area contributed by atoms with Crippen LogP contribution in [0.2, 0.25) is 5.02 Å². The van der Waals surface area contributed by atoms with E-state index in [0.29, 0.717) is 5.56 Å². The first kappa shape index (κ1) is 14.5. The summed E-state index contributed by atoms with van der Waals surface area (Å²) in [6.45, 7) is 0. The molecule has 0 aliphatic carbocycles. The highest BCUT2D eigenvalue weighted by atomic mass is 35.5. The number of phenolic OH excluding ortho intramolecular Hbond substituents is 1. The van der Waals surface area contributed by atoms with Crippen LogP contribution in [0.4, 0.5) is 5.69 Å². The van der Waals surface area contributed by atoms with E-state index in [9.17, 15) is 25.1 Å². The quantitative estimate of drug-likeness (QED) is 0.586. The molecule has 21 heavy (non-hydrogen) atoms. The van der Waals surface area contributed by atoms with E-state index in [0.717, 1.165) is 0 Å². The molecule has 1 heterocycles. The van der Waals surface area contributed by atoms with E-state index in [1.807, 2.05) is 0 Å². The topological polar surface area (TPSA) is 129 Å². The van der Waals surface area contributed by atoms with Crippen molar-refractivity contribution < 1.29 is 15.1 Å². The van der Waals surface area contributed by atoms with E-state index in [4.69, 9.17) is 11.6 Å². The predicted molar refractivity (Wildman–Crippen MR) is 75.2 cm³/mol. The first-order chi connectivity index (χ1) is 9.88. The van der Waals surface area contributed by atoms with Crippen LogP contribution in [0.25, 0.3) is 12.2 Å². The van der Waals surface area contributed by atoms with Gasteiger partial charge in [0.05, 0.1) is 9.95 Å². The summed E-state index contributed by atoms with van der Waals surface area (Å²) in [4.78, 5) is 26.6. The minimum absolute atomic E-state index is 0.0627. The van der Waals surface area contributed by atoms with Crippen molar-refractivity contribution >= 4 is 29.4 Å². The number of rotatable bonds is 3. The molecule has 8 nitrogen and oxygen atoms in total. The minimum atomic E-state index is -1.06. The maximum atomic E-state index is 11.4. The average molecular weight is 310 g/mol. The number of nitrogens with zero attached hydrogens (tertiary/aromatic N) is 2. The van der Waals surface area contributed by atoms with Gasteiger partial charge in [-0.2, -0.15) is 4.98 Å². The van der Waals surface area contributed by atoms with E-state index >= 15 is 0 Å². The monoisotopic (exact) mass is 309 g/mol. The Morgan fingerprint density at radius 2 is 2.05 bits per heavy atom. The Balaban J connectivity index is 2.35. The molecule has 9 heteroatoms. The maximum Gasteiger partial charge on any atom is 0.395 e. The van der Waals surface area contributed by atoms with E-state index in [1.165, 1.54) is 24.3 Å². The maximum absolute atomic E-state index is 11.4. The number of H-pyrrole nitrogens is 1. The molecule has 0 saturated carbocycles. The molecule has 0 bridgehead atoms. The van der Waals surface area contributed by atoms with Gasteiger partial charge < -0.3 is 15.2 Å². The average Bonchev–Trinajstić information content (AvgIpc) is 2.39. The van der Waals surface area contributed by atoms with Crippen molar-refractivity contribution in [3.8, 4) is 11.6 Å². The van der Waals surface area contributed by atoms with Gasteiger partial charge in [0, 0.05) is 0 Å². The third-order valence-electron chi connectivity index (χ3n) is 2.48. The Kier molecular flexibility index (Phi) is 3.90. The Morgan fingerprint density at radius 3 is 2.62 bits per heavy atom. The van der Waals surface area contributed by atoms with Crippen LogP contribution in [0.15, 0.2) is 23.0 Å². The van der Waals surface area contributed by atoms with Crippen molar-refractivity contribution in [2.45, 2.75) is 0 Å². The molecular formula is C12H8ClN3O5. The van der Waals surface area contributed by atoms with Crippen molar-refractivity contribution in [2.24, 2.45) is 0 Å². The molecule has 0 radical (unpaired) electrons. The summed E-state index contributed by atoms with van der Waals surface area (Å²) in [5.41, 5.74) is -1.48. The van der Waals surface area contributed by atoms with Gasteiger partial charge in [0.1, 0.15) is 11.6 Å². The molecule has 0 atom stereocenters. The molecule has 0 saturated heterocycles. The van der Waals surface area contributed by atoms with E-state index < -0.39 is 22.0 Å². The second-order valence-electron chi connectivity index (χ2n) is 3.92. The summed E-state index contributed by atoms with van der Waals surface area (Å²) in [5, 5.41) is 29.3. The van der Waals surface area contributed by atoms with Crippen molar-refractivity contribution in [3.05, 3.63) is 55.1 Å². The Hall–Kier alpha value is -2.87. The molecule has 0 aliphatic heterocycles. The molecule has 0 spiro atoms. The number of hydrogen-bond acceptors (Lipinski definition) is 6. The molecule has 1 aromatic heterocycles. The van der Waals surface area contributed by atoms with Gasteiger partial charge in [0.25, 0.3) is 5.88 Å². The van der Waals surface area contributed by atoms with Crippen molar-refractivity contribution in [3.63, 3.8) is 0 Å². The number of aromatic hydroxyl groups is 2. The van der Waals surface area contributed by atoms with Gasteiger partial charge in [0.15, 0.2) is 0 Å². The third kappa shape index (κ3) is 3.18. The molecule has 1 aromatic carbocycles. The van der Waals surface area contributed by atoms with Gasteiger partial charge in [-0.25, -0.2) is 0 Å². The van der Waals surface area contributed by atoms with E-state index in [1.54, 1.807) is 6.07 Å². The smallest absolute Gasteiger partial charge is 0.395 e. The Bertz CT molecular complexity index is 800. The van der Waals surface area contributed by atoms with Crippen molar-refractivity contribution in [1.29, 1.82) is 0 Å². The van der Waals surface area contributed by atoms with Gasteiger partial charge in [-0.05, 0) is 23.8 Å². The lowest BCUT2D eigenvalue weighted by Gasteiger charge is -1.99. The zero-order valence-electron chi connectivity index (χ0n) is 10.3. The highest BCUT2D eigenvalue weighted by molar-refractivity contribution is 6.32. The van der Waals surface area contributed by atoms with Crippen LogP contribution in [0.5, 0.6) is 11.6 Å². The standard InChI is InChI=1S/C12H8ClN3O5/c13-7-5-6(1-3-8(7)17)2-4-9-14-11(18)10(16(20)21)12(19)15-9/h1-5,17H,(H2,14,15,18,19)/b4-2-. The normalized spacial score (nSPS) is 10.9. The van der Waals surface area contributed by atoms with Gasteiger partial charge in [0.2, 0.25) is 0 Å². The minimum Gasteiger partial charge on any atom is -0.506 e. The van der Waals surface area contributed by atoms with Crippen molar-refractivity contribution in [2.75, 3.05) is 0 Å². The molecular weight excluding hydrogens is 302 g/mol. The largest absolute Gasteiger partial charge is 0.506 e. The summed E-state index contributed by atoms with van der Waals surface area (Å²) >= 11 is 5.73. The number of hydrogen-bond donors (Lipinski definition) is 3. The summed E-state index contributed by atoms with van der Waals surface area (Å²) in [7, 11) is 0. The second kappa shape index (κ2) is 5.63. The van der Waals surface area contributed by atoms with Gasteiger partial charge in [-0.3, -0.25) is 14.9 Å². The van der Waals surface area contributed by atoms with Crippen molar-refractivity contribution in [1.82, 2.24) is 9.97 Å². The summed E-state index contributed by atoms with van der Waals surface area (Å²) in [5.74, 6) is -1.10. The number of halogens is 1. The lowest BCUT2D eigenvalue weighted by molar-refractivity contribution is -0.387. The SMILES string of the molecule is O=c1[nH]c(/C=C\c2ccc(O)c(Cl)c2)nc(O)c1[N+](=O)[O-]. The lowest BCUT2D eigenvalue weighted by Crippen LogP contribution is -2.14. The molecule has 3 N–H and O–H groups in total. The van der Waals surface area contributed by atoms with Crippen LogP contribution in [0.3, 0.4) is 0 Å². The van der Waals surface area contributed by atoms with Gasteiger partial charge in [-0.15, -0.1) is 0 Å². The highest BCUT2D eigenvalue weighted by Crippen LogP contribution is 2.24. The van der Waals surface area contributed by atoms with Gasteiger partial charge >= 0.3 is 11.2 Å². The summed E-state index contributed by atoms with van der Waals surface area (Å²) < 4.78 is 0. The summed E-state index contributed by atoms with van der Waals surface area (Å²) in [6.07, 6.45) is 2.82. The number of benzene rings is 1. The number of nitro groups is 1. The lowest BCUT2D eigenvalue weighted by atomic mass is 10.2. The highest BCUT2D eigenvalue weighted by Gasteiger charge is 2.21. The number of aromatic nitrogens is 2. The molecule has 0 amide bonds. The molecule has 2 rings (SSSR count). The fraction of sp³-hybridized carbons (Fsp3) is 0. The molecule has 0 unspecified atom stereocenters.